The van der Waals surface area contributed by atoms with E-state index >= 15 is 0 Å². The number of carboxylic acid groups (broad SMARTS) is 1. The summed E-state index contributed by atoms with van der Waals surface area (Å²) in [5, 5.41) is 9.20. The molecular formula is C13H12BrN3O2. The third-order valence-electron chi connectivity index (χ3n) is 2.55. The van der Waals surface area contributed by atoms with Gasteiger partial charge in [-0.1, -0.05) is 6.07 Å². The zero-order valence-corrected chi connectivity index (χ0v) is 11.8. The lowest BCUT2D eigenvalue weighted by Crippen LogP contribution is -2.21. The van der Waals surface area contributed by atoms with Crippen LogP contribution in [0.15, 0.2) is 41.1 Å². The molecule has 1 N–H and O–H groups in total. The topological polar surface area (TPSA) is 66.3 Å². The minimum absolute atomic E-state index is 0.160. The van der Waals surface area contributed by atoms with E-state index in [-0.39, 0.29) is 5.56 Å². The number of hydrogen-bond donors (Lipinski definition) is 1. The molecule has 0 aliphatic heterocycles. The molecule has 0 saturated heterocycles. The van der Waals surface area contributed by atoms with Crippen LogP contribution in [0.1, 0.15) is 16.1 Å². The maximum Gasteiger partial charge on any atom is 0.339 e. The number of halogens is 1. The van der Waals surface area contributed by atoms with Crippen LogP contribution < -0.4 is 4.90 Å². The average molecular weight is 322 g/mol. The molecule has 0 amide bonds. The van der Waals surface area contributed by atoms with E-state index in [0.29, 0.717) is 16.8 Å². The van der Waals surface area contributed by atoms with Gasteiger partial charge in [-0.05, 0) is 34.1 Å². The molecule has 98 valence electrons. The first kappa shape index (κ1) is 13.5. The van der Waals surface area contributed by atoms with Gasteiger partial charge in [0.25, 0.3) is 0 Å². The van der Waals surface area contributed by atoms with E-state index in [1.807, 2.05) is 18.2 Å². The van der Waals surface area contributed by atoms with Crippen LogP contribution in [0.4, 0.5) is 5.82 Å². The lowest BCUT2D eigenvalue weighted by Gasteiger charge is -2.19. The lowest BCUT2D eigenvalue weighted by atomic mass is 10.2. The highest BCUT2D eigenvalue weighted by Crippen LogP contribution is 2.21. The molecule has 0 fully saturated rings. The van der Waals surface area contributed by atoms with Crippen LogP contribution >= 0.6 is 15.9 Å². The first-order valence-corrected chi connectivity index (χ1v) is 6.37. The molecule has 0 spiro atoms. The molecule has 2 rings (SSSR count). The van der Waals surface area contributed by atoms with Crippen LogP contribution in [-0.4, -0.2) is 28.1 Å². The van der Waals surface area contributed by atoms with Crippen LogP contribution in [0.5, 0.6) is 0 Å². The third-order valence-corrected chi connectivity index (χ3v) is 2.98. The summed E-state index contributed by atoms with van der Waals surface area (Å²) in [5.41, 5.74) is 1.01. The summed E-state index contributed by atoms with van der Waals surface area (Å²) in [6.45, 7) is 0.496. The number of anilines is 1. The summed E-state index contributed by atoms with van der Waals surface area (Å²) in [6.07, 6.45) is 3.28. The molecule has 0 aromatic carbocycles. The summed E-state index contributed by atoms with van der Waals surface area (Å²) in [4.78, 5) is 21.4. The van der Waals surface area contributed by atoms with Crippen LogP contribution in [0.2, 0.25) is 0 Å². The highest BCUT2D eigenvalue weighted by Gasteiger charge is 2.16. The van der Waals surface area contributed by atoms with Gasteiger partial charge in [-0.15, -0.1) is 0 Å². The van der Waals surface area contributed by atoms with E-state index in [1.54, 1.807) is 30.4 Å². The Hall–Kier alpha value is -1.95. The van der Waals surface area contributed by atoms with Gasteiger partial charge in [0.2, 0.25) is 0 Å². The molecular weight excluding hydrogens is 310 g/mol. The Morgan fingerprint density at radius 2 is 2.21 bits per heavy atom. The Kier molecular flexibility index (Phi) is 4.11. The monoisotopic (exact) mass is 321 g/mol. The Labute approximate surface area is 119 Å². The number of nitrogens with zero attached hydrogens (tertiary/aromatic N) is 3. The summed E-state index contributed by atoms with van der Waals surface area (Å²) in [6, 6.07) is 7.16. The lowest BCUT2D eigenvalue weighted by molar-refractivity contribution is 0.0697. The van der Waals surface area contributed by atoms with Crippen molar-refractivity contribution in [2.75, 3.05) is 11.9 Å². The number of carboxylic acids is 1. The summed E-state index contributed by atoms with van der Waals surface area (Å²) in [5.74, 6) is -0.585. The van der Waals surface area contributed by atoms with Crippen molar-refractivity contribution in [1.29, 1.82) is 0 Å². The number of rotatable bonds is 4. The van der Waals surface area contributed by atoms with E-state index in [4.69, 9.17) is 0 Å². The van der Waals surface area contributed by atoms with E-state index in [9.17, 15) is 9.90 Å². The van der Waals surface area contributed by atoms with Gasteiger partial charge in [-0.25, -0.2) is 9.78 Å². The molecule has 0 aliphatic rings. The van der Waals surface area contributed by atoms with Crippen molar-refractivity contribution in [3.63, 3.8) is 0 Å². The Bertz CT molecular complexity index is 590. The van der Waals surface area contributed by atoms with Crippen molar-refractivity contribution < 1.29 is 9.90 Å². The van der Waals surface area contributed by atoms with Gasteiger partial charge in [0.15, 0.2) is 0 Å². The first-order chi connectivity index (χ1) is 9.08. The van der Waals surface area contributed by atoms with Gasteiger partial charge >= 0.3 is 5.97 Å². The second-order valence-corrected chi connectivity index (χ2v) is 4.92. The maximum absolute atomic E-state index is 11.2. The third kappa shape index (κ3) is 3.29. The molecule has 0 radical (unpaired) electrons. The predicted octanol–water partition coefficient (Wildman–Crippen LogP) is 2.57. The Morgan fingerprint density at radius 1 is 1.42 bits per heavy atom. The average Bonchev–Trinajstić information content (AvgIpc) is 2.39. The summed E-state index contributed by atoms with van der Waals surface area (Å²) >= 11 is 3.22. The minimum Gasteiger partial charge on any atom is -0.478 e. The van der Waals surface area contributed by atoms with Gasteiger partial charge in [-0.2, -0.15) is 0 Å². The molecule has 0 aliphatic carbocycles. The van der Waals surface area contributed by atoms with Crippen LogP contribution in [0.3, 0.4) is 0 Å². The second kappa shape index (κ2) is 5.79. The quantitative estimate of drug-likeness (QED) is 0.937. The molecule has 2 heterocycles. The second-order valence-electron chi connectivity index (χ2n) is 4.01. The van der Waals surface area contributed by atoms with Crippen LogP contribution in [0, 0.1) is 0 Å². The van der Waals surface area contributed by atoms with Gasteiger partial charge < -0.3 is 10.0 Å². The van der Waals surface area contributed by atoms with Crippen molar-refractivity contribution in [3.8, 4) is 0 Å². The van der Waals surface area contributed by atoms with Gasteiger partial charge in [0.1, 0.15) is 11.4 Å². The number of aromatic nitrogens is 2. The molecule has 0 saturated carbocycles. The van der Waals surface area contributed by atoms with Gasteiger partial charge in [-0.3, -0.25) is 4.98 Å². The molecule has 5 nitrogen and oxygen atoms in total. The minimum atomic E-state index is -1.00. The fourth-order valence-electron chi connectivity index (χ4n) is 1.70. The highest BCUT2D eigenvalue weighted by molar-refractivity contribution is 9.10. The van der Waals surface area contributed by atoms with Crippen molar-refractivity contribution in [2.24, 2.45) is 0 Å². The largest absolute Gasteiger partial charge is 0.478 e. The zero-order chi connectivity index (χ0) is 13.8. The Balaban J connectivity index is 2.28. The predicted molar refractivity (Wildman–Crippen MR) is 75.2 cm³/mol. The molecule has 6 heteroatoms. The van der Waals surface area contributed by atoms with Gasteiger partial charge in [0, 0.05) is 23.9 Å². The van der Waals surface area contributed by atoms with Crippen LogP contribution in [0.25, 0.3) is 0 Å². The smallest absolute Gasteiger partial charge is 0.339 e. The van der Waals surface area contributed by atoms with Crippen molar-refractivity contribution in [2.45, 2.75) is 6.54 Å². The first-order valence-electron chi connectivity index (χ1n) is 5.58. The highest BCUT2D eigenvalue weighted by atomic mass is 79.9. The molecule has 0 atom stereocenters. The summed E-state index contributed by atoms with van der Waals surface area (Å²) in [7, 11) is 1.79. The maximum atomic E-state index is 11.2. The standard InChI is InChI=1S/C13H12BrN3O2/c1-17(8-10-4-2-3-5-15-10)12-11(13(18)19)6-9(14)7-16-12/h2-7H,8H2,1H3,(H,18,19). The number of aromatic carboxylic acids is 1. The number of carbonyl (C=O) groups is 1. The van der Waals surface area contributed by atoms with E-state index in [0.717, 1.165) is 5.69 Å². The molecule has 2 aromatic rings. The van der Waals surface area contributed by atoms with Crippen molar-refractivity contribution in [3.05, 3.63) is 52.4 Å². The summed E-state index contributed by atoms with van der Waals surface area (Å²) < 4.78 is 0.639. The van der Waals surface area contributed by atoms with Crippen molar-refractivity contribution in [1.82, 2.24) is 9.97 Å². The zero-order valence-electron chi connectivity index (χ0n) is 10.2. The van der Waals surface area contributed by atoms with Gasteiger partial charge in [0.05, 0.1) is 12.2 Å². The van der Waals surface area contributed by atoms with E-state index in [1.165, 1.54) is 0 Å². The number of hydrogen-bond acceptors (Lipinski definition) is 4. The van der Waals surface area contributed by atoms with Crippen LogP contribution in [-0.2, 0) is 6.54 Å². The van der Waals surface area contributed by atoms with E-state index in [2.05, 4.69) is 25.9 Å². The molecule has 0 unspecified atom stereocenters. The molecule has 2 aromatic heterocycles. The number of pyridine rings is 2. The fourth-order valence-corrected chi connectivity index (χ4v) is 2.03. The SMILES string of the molecule is CN(Cc1ccccn1)c1ncc(Br)cc1C(=O)O. The Morgan fingerprint density at radius 3 is 2.84 bits per heavy atom. The van der Waals surface area contributed by atoms with E-state index < -0.39 is 5.97 Å². The molecule has 19 heavy (non-hydrogen) atoms. The fraction of sp³-hybridized carbons (Fsp3) is 0.154. The van der Waals surface area contributed by atoms with Crippen molar-refractivity contribution >= 4 is 27.7 Å². The molecule has 0 bridgehead atoms. The normalized spacial score (nSPS) is 10.2.